The van der Waals surface area contributed by atoms with Crippen LogP contribution in [0.3, 0.4) is 0 Å². The van der Waals surface area contributed by atoms with Crippen LogP contribution >= 0.6 is 24.0 Å². The van der Waals surface area contributed by atoms with E-state index in [9.17, 15) is 14.7 Å². The molecule has 3 fully saturated rings. The lowest BCUT2D eigenvalue weighted by Crippen LogP contribution is -2.48. The lowest BCUT2D eigenvalue weighted by molar-refractivity contribution is -0.123. The fourth-order valence-electron chi connectivity index (χ4n) is 5.40. The number of thioether (sulfide) groups is 1. The predicted octanol–water partition coefficient (Wildman–Crippen LogP) is 2.80. The molecule has 0 atom stereocenters. The molecule has 3 aliphatic rings. The maximum absolute atomic E-state index is 13.6. The molecule has 1 N–H and O–H groups in total. The summed E-state index contributed by atoms with van der Waals surface area (Å²) in [5.41, 5.74) is 2.19. The Morgan fingerprint density at radius 2 is 1.82 bits per heavy atom. The number of aliphatic hydroxyl groups excluding tert-OH is 1. The Bertz CT molecular complexity index is 1210. The molecule has 0 bridgehead atoms. The number of hydrogen-bond donors (Lipinski definition) is 1. The Hall–Kier alpha value is -2.20. The number of piperazine rings is 1. The predicted molar refractivity (Wildman–Crippen MR) is 142 cm³/mol. The summed E-state index contributed by atoms with van der Waals surface area (Å²) in [6.45, 7) is 3.92. The van der Waals surface area contributed by atoms with Crippen molar-refractivity contribution in [2.45, 2.75) is 31.7 Å². The minimum Gasteiger partial charge on any atom is -0.395 e. The lowest BCUT2D eigenvalue weighted by Gasteiger charge is -2.37. The SMILES string of the molecule is Cn1c(=O)c(C=C2SC(=S)N(C3CCCC3)C2=O)c(N2CCN(CCO)CC2)c2ccccc21. The minimum atomic E-state index is -0.113. The monoisotopic (exact) mass is 498 g/mol. The van der Waals surface area contributed by atoms with Gasteiger partial charge in [0.15, 0.2) is 0 Å². The smallest absolute Gasteiger partial charge is 0.266 e. The van der Waals surface area contributed by atoms with Crippen molar-refractivity contribution < 1.29 is 9.90 Å². The van der Waals surface area contributed by atoms with Crippen LogP contribution in [-0.4, -0.2) is 75.1 Å². The Labute approximate surface area is 209 Å². The Balaban J connectivity index is 1.59. The number of carbonyl (C=O) groups is 1. The molecule has 5 rings (SSSR count). The molecule has 0 unspecified atom stereocenters. The van der Waals surface area contributed by atoms with Crippen molar-refractivity contribution in [2.24, 2.45) is 7.05 Å². The molecule has 1 aromatic carbocycles. The van der Waals surface area contributed by atoms with E-state index in [-0.39, 0.29) is 24.1 Å². The van der Waals surface area contributed by atoms with Crippen LogP contribution in [0.1, 0.15) is 31.2 Å². The van der Waals surface area contributed by atoms with Gasteiger partial charge in [-0.05, 0) is 25.0 Å². The molecule has 34 heavy (non-hydrogen) atoms. The van der Waals surface area contributed by atoms with Crippen LogP contribution in [0.15, 0.2) is 34.0 Å². The summed E-state index contributed by atoms with van der Waals surface area (Å²) in [5.74, 6) is -0.0733. The van der Waals surface area contributed by atoms with E-state index in [0.29, 0.717) is 21.3 Å². The third-order valence-electron chi connectivity index (χ3n) is 7.20. The summed E-state index contributed by atoms with van der Waals surface area (Å²) in [4.78, 5) is 33.8. The van der Waals surface area contributed by atoms with Gasteiger partial charge in [-0.3, -0.25) is 19.4 Å². The van der Waals surface area contributed by atoms with Gasteiger partial charge in [-0.2, -0.15) is 0 Å². The highest BCUT2D eigenvalue weighted by molar-refractivity contribution is 8.26. The second-order valence-electron chi connectivity index (χ2n) is 9.19. The summed E-state index contributed by atoms with van der Waals surface area (Å²) >= 11 is 6.90. The first kappa shape index (κ1) is 23.5. The van der Waals surface area contributed by atoms with Gasteiger partial charge in [0.05, 0.1) is 28.3 Å². The molecule has 1 aromatic heterocycles. The number of carbonyl (C=O) groups excluding carboxylic acids is 1. The van der Waals surface area contributed by atoms with E-state index < -0.39 is 0 Å². The number of pyridine rings is 1. The fourth-order valence-corrected chi connectivity index (χ4v) is 6.78. The highest BCUT2D eigenvalue weighted by atomic mass is 32.2. The fraction of sp³-hybridized carbons (Fsp3) is 0.480. The topological polar surface area (TPSA) is 69.0 Å². The van der Waals surface area contributed by atoms with E-state index >= 15 is 0 Å². The quantitative estimate of drug-likeness (QED) is 0.502. The van der Waals surface area contributed by atoms with Crippen LogP contribution in [0.2, 0.25) is 0 Å². The van der Waals surface area contributed by atoms with E-state index in [1.54, 1.807) is 22.6 Å². The molecular formula is C25H30N4O3S2. The Kier molecular flexibility index (Phi) is 6.79. The van der Waals surface area contributed by atoms with Crippen molar-refractivity contribution in [1.29, 1.82) is 0 Å². The largest absolute Gasteiger partial charge is 0.395 e. The number of hydrogen-bond acceptors (Lipinski definition) is 7. The van der Waals surface area contributed by atoms with Crippen LogP contribution in [0.5, 0.6) is 0 Å². The summed E-state index contributed by atoms with van der Waals surface area (Å²) in [5, 5.41) is 10.3. The molecule has 0 radical (unpaired) electrons. The first-order valence-corrected chi connectivity index (χ1v) is 13.2. The second kappa shape index (κ2) is 9.81. The van der Waals surface area contributed by atoms with Gasteiger partial charge < -0.3 is 14.6 Å². The standard InChI is InChI=1S/C25H30N4O3S2/c1-26-20-9-5-4-8-18(20)22(28-12-10-27(11-13-28)14-15-30)19(23(26)31)16-21-24(32)29(25(33)34-21)17-6-2-3-7-17/h4-5,8-9,16-17,30H,2-3,6-7,10-15H2,1H3. The lowest BCUT2D eigenvalue weighted by atomic mass is 10.1. The van der Waals surface area contributed by atoms with Gasteiger partial charge in [0.25, 0.3) is 11.5 Å². The van der Waals surface area contributed by atoms with Gasteiger partial charge in [-0.15, -0.1) is 0 Å². The van der Waals surface area contributed by atoms with Crippen LogP contribution < -0.4 is 10.5 Å². The van der Waals surface area contributed by atoms with Crippen LogP contribution in [-0.2, 0) is 11.8 Å². The molecule has 3 heterocycles. The molecule has 1 amide bonds. The molecule has 9 heteroatoms. The molecule has 2 saturated heterocycles. The van der Waals surface area contributed by atoms with E-state index in [2.05, 4.69) is 9.80 Å². The zero-order valence-corrected chi connectivity index (χ0v) is 21.0. The summed E-state index contributed by atoms with van der Waals surface area (Å²) < 4.78 is 2.27. The van der Waals surface area contributed by atoms with Gasteiger partial charge in [-0.25, -0.2) is 0 Å². The van der Waals surface area contributed by atoms with E-state index in [4.69, 9.17) is 12.2 Å². The summed E-state index contributed by atoms with van der Waals surface area (Å²) in [6, 6.07) is 8.12. The average molecular weight is 499 g/mol. The van der Waals surface area contributed by atoms with E-state index in [1.165, 1.54) is 11.8 Å². The zero-order valence-electron chi connectivity index (χ0n) is 19.4. The van der Waals surface area contributed by atoms with Crippen molar-refractivity contribution in [1.82, 2.24) is 14.4 Å². The molecule has 1 saturated carbocycles. The minimum absolute atomic E-state index is 0.0733. The first-order valence-electron chi connectivity index (χ1n) is 12.0. The number of nitrogens with zero attached hydrogens (tertiary/aromatic N) is 4. The number of benzene rings is 1. The van der Waals surface area contributed by atoms with Crippen molar-refractivity contribution in [3.63, 3.8) is 0 Å². The number of fused-ring (bicyclic) bond motifs is 1. The van der Waals surface area contributed by atoms with E-state index in [1.807, 2.05) is 24.3 Å². The number of para-hydroxylation sites is 1. The van der Waals surface area contributed by atoms with Crippen molar-refractivity contribution >= 4 is 56.9 Å². The van der Waals surface area contributed by atoms with Crippen molar-refractivity contribution in [3.8, 4) is 0 Å². The number of aliphatic hydroxyl groups is 1. The number of β-amino-alcohol motifs (C(OH)–C–C–N with tert-alkyl or cyclic N) is 1. The molecule has 0 spiro atoms. The Morgan fingerprint density at radius 3 is 2.53 bits per heavy atom. The molecule has 7 nitrogen and oxygen atoms in total. The number of anilines is 1. The van der Waals surface area contributed by atoms with Crippen LogP contribution in [0.25, 0.3) is 17.0 Å². The number of rotatable bonds is 5. The second-order valence-corrected chi connectivity index (χ2v) is 10.9. The van der Waals surface area contributed by atoms with Gasteiger partial charge in [0.1, 0.15) is 4.32 Å². The third-order valence-corrected chi connectivity index (χ3v) is 8.53. The number of aromatic nitrogens is 1. The summed E-state index contributed by atoms with van der Waals surface area (Å²) in [6.07, 6.45) is 6.00. The van der Waals surface area contributed by atoms with Gasteiger partial charge in [0.2, 0.25) is 0 Å². The third kappa shape index (κ3) is 4.19. The zero-order chi connectivity index (χ0) is 23.8. The van der Waals surface area contributed by atoms with Crippen LogP contribution in [0, 0.1) is 0 Å². The highest BCUT2D eigenvalue weighted by Crippen LogP contribution is 2.39. The average Bonchev–Trinajstić information content (AvgIpc) is 3.46. The van der Waals surface area contributed by atoms with Gasteiger partial charge in [-0.1, -0.05) is 55.0 Å². The maximum atomic E-state index is 13.6. The highest BCUT2D eigenvalue weighted by Gasteiger charge is 2.38. The maximum Gasteiger partial charge on any atom is 0.266 e. The molecule has 2 aromatic rings. The van der Waals surface area contributed by atoms with Crippen molar-refractivity contribution in [2.75, 3.05) is 44.2 Å². The molecule has 2 aliphatic heterocycles. The number of aryl methyl sites for hydroxylation is 1. The normalized spacial score (nSPS) is 21.5. The van der Waals surface area contributed by atoms with Crippen molar-refractivity contribution in [3.05, 3.63) is 45.1 Å². The first-order chi connectivity index (χ1) is 16.5. The van der Waals surface area contributed by atoms with Gasteiger partial charge >= 0.3 is 0 Å². The number of thiocarbonyl (C=S) groups is 1. The van der Waals surface area contributed by atoms with Crippen LogP contribution in [0.4, 0.5) is 5.69 Å². The molecular weight excluding hydrogens is 468 g/mol. The van der Waals surface area contributed by atoms with E-state index in [0.717, 1.165) is 68.5 Å². The molecule has 1 aliphatic carbocycles. The summed E-state index contributed by atoms with van der Waals surface area (Å²) in [7, 11) is 1.79. The number of amides is 1. The van der Waals surface area contributed by atoms with Gasteiger partial charge in [0, 0.05) is 51.2 Å². The molecule has 180 valence electrons. The Morgan fingerprint density at radius 1 is 1.12 bits per heavy atom.